The Labute approximate surface area is 138 Å². The Morgan fingerprint density at radius 1 is 1.22 bits per heavy atom. The number of carbonyl (C=O) groups excluding carboxylic acids is 2. The Morgan fingerprint density at radius 2 is 1.83 bits per heavy atom. The van der Waals surface area contributed by atoms with Gasteiger partial charge in [-0.3, -0.25) is 14.9 Å². The molecule has 0 bridgehead atoms. The highest BCUT2D eigenvalue weighted by Crippen LogP contribution is 2.35. The van der Waals surface area contributed by atoms with E-state index in [2.05, 4.69) is 24.3 Å². The molecule has 4 unspecified atom stereocenters. The molecule has 1 saturated heterocycles. The summed E-state index contributed by atoms with van der Waals surface area (Å²) < 4.78 is 0. The average molecular weight is 323 g/mol. The number of rotatable bonds is 4. The molecule has 6 heteroatoms. The number of carbonyl (C=O) groups is 2. The molecule has 0 radical (unpaired) electrons. The number of nitrogens with one attached hydrogen (secondary N) is 1. The summed E-state index contributed by atoms with van der Waals surface area (Å²) in [5.41, 5.74) is 1.05. The zero-order valence-corrected chi connectivity index (χ0v) is 14.6. The first-order valence-corrected chi connectivity index (χ1v) is 8.52. The van der Waals surface area contributed by atoms with Crippen LogP contribution in [0.25, 0.3) is 0 Å². The van der Waals surface area contributed by atoms with Crippen LogP contribution in [0.5, 0.6) is 0 Å². The molecule has 1 heterocycles. The van der Waals surface area contributed by atoms with Crippen LogP contribution in [0.2, 0.25) is 0 Å². The summed E-state index contributed by atoms with van der Waals surface area (Å²) in [6.45, 7) is 4.37. The van der Waals surface area contributed by atoms with Crippen molar-refractivity contribution in [2.75, 3.05) is 14.1 Å². The predicted octanol–water partition coefficient (Wildman–Crippen LogP) is 1.39. The van der Waals surface area contributed by atoms with Gasteiger partial charge in [0.1, 0.15) is 0 Å². The van der Waals surface area contributed by atoms with E-state index >= 15 is 0 Å². The Morgan fingerprint density at radius 3 is 2.39 bits per heavy atom. The molecule has 0 aromatic carbocycles. The van der Waals surface area contributed by atoms with Crippen LogP contribution < -0.4 is 5.32 Å². The summed E-state index contributed by atoms with van der Waals surface area (Å²) in [7, 11) is 3.79. The van der Waals surface area contributed by atoms with Gasteiger partial charge >= 0.3 is 0 Å². The molecule has 2 amide bonds. The number of nitrogens with zero attached hydrogens (tertiary/aromatic N) is 2. The van der Waals surface area contributed by atoms with Crippen LogP contribution in [-0.4, -0.2) is 47.8 Å². The fraction of sp³-hybridized carbons (Fsp3) is 0.824. The topological polar surface area (TPSA) is 82.0 Å². The van der Waals surface area contributed by atoms with Crippen molar-refractivity contribution in [1.29, 1.82) is 0 Å². The largest absolute Gasteiger partial charge is 0.392 e. The highest BCUT2D eigenvalue weighted by Gasteiger charge is 2.37. The summed E-state index contributed by atoms with van der Waals surface area (Å²) in [4.78, 5) is 23.0. The molecule has 0 aromatic heterocycles. The second-order valence-electron chi connectivity index (χ2n) is 7.50. The number of hydrazone groups is 1. The van der Waals surface area contributed by atoms with Crippen molar-refractivity contribution in [3.8, 4) is 0 Å². The molecule has 2 rings (SSSR count). The molecular weight excluding hydrogens is 294 g/mol. The molecule has 6 nitrogen and oxygen atoms in total. The number of aliphatic hydroxyl groups is 1. The van der Waals surface area contributed by atoms with Gasteiger partial charge in [-0.05, 0) is 37.0 Å². The monoisotopic (exact) mass is 323 g/mol. The average Bonchev–Trinajstić information content (AvgIpc) is 2.39. The molecule has 130 valence electrons. The third kappa shape index (κ3) is 4.77. The van der Waals surface area contributed by atoms with Gasteiger partial charge in [-0.15, -0.1) is 0 Å². The lowest BCUT2D eigenvalue weighted by molar-refractivity contribution is -0.135. The quantitative estimate of drug-likeness (QED) is 0.605. The molecule has 4 atom stereocenters. The fourth-order valence-electron chi connectivity index (χ4n) is 4.02. The second-order valence-corrected chi connectivity index (χ2v) is 7.50. The molecule has 2 fully saturated rings. The summed E-state index contributed by atoms with van der Waals surface area (Å²) in [5.74, 6) is 0.367. The number of amides is 2. The van der Waals surface area contributed by atoms with Crippen molar-refractivity contribution in [2.24, 2.45) is 28.8 Å². The molecule has 1 aliphatic heterocycles. The van der Waals surface area contributed by atoms with Crippen molar-refractivity contribution in [2.45, 2.75) is 52.1 Å². The van der Waals surface area contributed by atoms with Gasteiger partial charge in [0, 0.05) is 38.6 Å². The Bertz CT molecular complexity index is 473. The number of hydrogen-bond donors (Lipinski definition) is 2. The Hall–Kier alpha value is -1.43. The standard InChI is InChI=1S/C17H29N3O3/c1-10-5-11(2)17(19-20(3)4)13(6-10)14(21)7-12-8-15(22)18-16(23)9-12/h10-14,21H,5-9H2,1-4H3,(H,18,22,23). The Balaban J connectivity index is 2.09. The summed E-state index contributed by atoms with van der Waals surface area (Å²) in [6.07, 6.45) is 2.56. The van der Waals surface area contributed by atoms with E-state index in [0.717, 1.165) is 18.6 Å². The van der Waals surface area contributed by atoms with E-state index in [1.165, 1.54) is 0 Å². The molecular formula is C17H29N3O3. The minimum Gasteiger partial charge on any atom is -0.392 e. The highest BCUT2D eigenvalue weighted by atomic mass is 16.3. The van der Waals surface area contributed by atoms with Gasteiger partial charge in [-0.25, -0.2) is 0 Å². The highest BCUT2D eigenvalue weighted by molar-refractivity contribution is 5.97. The summed E-state index contributed by atoms with van der Waals surface area (Å²) in [5, 5.41) is 19.5. The maximum atomic E-state index is 11.5. The SMILES string of the molecule is CC1CC(C)C(=NN(C)C)C(C(O)CC2CC(=O)NC(=O)C2)C1. The third-order valence-corrected chi connectivity index (χ3v) is 4.88. The van der Waals surface area contributed by atoms with Gasteiger partial charge in [0.2, 0.25) is 11.8 Å². The predicted molar refractivity (Wildman–Crippen MR) is 88.7 cm³/mol. The summed E-state index contributed by atoms with van der Waals surface area (Å²) in [6, 6.07) is 0. The molecule has 23 heavy (non-hydrogen) atoms. The van der Waals surface area contributed by atoms with Gasteiger partial charge in [0.15, 0.2) is 0 Å². The molecule has 0 spiro atoms. The smallest absolute Gasteiger partial charge is 0.226 e. The molecule has 2 N–H and O–H groups in total. The maximum absolute atomic E-state index is 11.5. The van der Waals surface area contributed by atoms with Crippen molar-refractivity contribution >= 4 is 17.5 Å². The first-order chi connectivity index (χ1) is 10.8. The second kappa shape index (κ2) is 7.43. The molecule has 0 aromatic rings. The van der Waals surface area contributed by atoms with Crippen LogP contribution in [0.4, 0.5) is 0 Å². The molecule has 1 aliphatic carbocycles. The van der Waals surface area contributed by atoms with Crippen LogP contribution >= 0.6 is 0 Å². The van der Waals surface area contributed by atoms with Crippen LogP contribution in [-0.2, 0) is 9.59 Å². The fourth-order valence-corrected chi connectivity index (χ4v) is 4.02. The third-order valence-electron chi connectivity index (χ3n) is 4.88. The lowest BCUT2D eigenvalue weighted by atomic mass is 9.71. The van der Waals surface area contributed by atoms with Crippen LogP contribution in [0, 0.1) is 23.7 Å². The van der Waals surface area contributed by atoms with Crippen molar-refractivity contribution in [1.82, 2.24) is 10.3 Å². The van der Waals surface area contributed by atoms with Crippen molar-refractivity contribution in [3.05, 3.63) is 0 Å². The number of imide groups is 1. The number of piperidine rings is 1. The number of aliphatic hydroxyl groups excluding tert-OH is 1. The lowest BCUT2D eigenvalue weighted by Crippen LogP contribution is -2.43. The zero-order chi connectivity index (χ0) is 17.1. The van der Waals surface area contributed by atoms with Crippen LogP contribution in [0.15, 0.2) is 5.10 Å². The lowest BCUT2D eigenvalue weighted by Gasteiger charge is -2.37. The van der Waals surface area contributed by atoms with E-state index in [-0.39, 0.29) is 23.7 Å². The summed E-state index contributed by atoms with van der Waals surface area (Å²) >= 11 is 0. The molecule has 2 aliphatic rings. The van der Waals surface area contributed by atoms with Gasteiger partial charge in [0.25, 0.3) is 0 Å². The van der Waals surface area contributed by atoms with E-state index < -0.39 is 6.10 Å². The first-order valence-electron chi connectivity index (χ1n) is 8.52. The first kappa shape index (κ1) is 17.9. The minimum absolute atomic E-state index is 0.0104. The van der Waals surface area contributed by atoms with Gasteiger partial charge < -0.3 is 10.1 Å². The van der Waals surface area contributed by atoms with E-state index in [0.29, 0.717) is 31.1 Å². The molecule has 1 saturated carbocycles. The normalized spacial score (nSPS) is 32.7. The van der Waals surface area contributed by atoms with Crippen LogP contribution in [0.3, 0.4) is 0 Å². The van der Waals surface area contributed by atoms with Crippen LogP contribution in [0.1, 0.15) is 46.0 Å². The van der Waals surface area contributed by atoms with Crippen molar-refractivity contribution < 1.29 is 14.7 Å². The van der Waals surface area contributed by atoms with Gasteiger partial charge in [-0.1, -0.05) is 13.8 Å². The van der Waals surface area contributed by atoms with E-state index in [1.54, 1.807) is 5.01 Å². The van der Waals surface area contributed by atoms with Gasteiger partial charge in [-0.2, -0.15) is 5.10 Å². The van der Waals surface area contributed by atoms with E-state index in [1.807, 2.05) is 14.1 Å². The van der Waals surface area contributed by atoms with Gasteiger partial charge in [0.05, 0.1) is 6.10 Å². The Kier molecular flexibility index (Phi) is 5.79. The minimum atomic E-state index is -0.553. The number of hydrogen-bond acceptors (Lipinski definition) is 5. The maximum Gasteiger partial charge on any atom is 0.226 e. The zero-order valence-electron chi connectivity index (χ0n) is 14.6. The van der Waals surface area contributed by atoms with Crippen molar-refractivity contribution in [3.63, 3.8) is 0 Å². The van der Waals surface area contributed by atoms with E-state index in [4.69, 9.17) is 0 Å². The van der Waals surface area contributed by atoms with E-state index in [9.17, 15) is 14.7 Å².